The molecule has 0 aliphatic carbocycles. The van der Waals surface area contributed by atoms with Crippen LogP contribution in [0, 0.1) is 11.8 Å². The minimum absolute atomic E-state index is 0.0284. The number of carbonyl (C=O) groups is 1. The molecule has 1 aliphatic rings. The van der Waals surface area contributed by atoms with Gasteiger partial charge in [-0.2, -0.15) is 4.31 Å². The summed E-state index contributed by atoms with van der Waals surface area (Å²) in [7, 11) is -3.46. The number of sulfonamides is 1. The van der Waals surface area contributed by atoms with Crippen LogP contribution >= 0.6 is 11.3 Å². The molecular weight excluding hydrogens is 432 g/mol. The molecule has 0 unspecified atom stereocenters. The van der Waals surface area contributed by atoms with Crippen LogP contribution in [0.15, 0.2) is 46.0 Å². The molecule has 166 valence electrons. The lowest BCUT2D eigenvalue weighted by Crippen LogP contribution is -2.43. The van der Waals surface area contributed by atoms with Crippen LogP contribution in [0.4, 0.5) is 0 Å². The van der Waals surface area contributed by atoms with E-state index in [2.05, 4.69) is 29.1 Å². The molecule has 2 aromatic heterocycles. The number of hydrogen-bond acceptors (Lipinski definition) is 5. The predicted octanol–water partition coefficient (Wildman–Crippen LogP) is 3.93. The molecule has 0 spiro atoms. The third-order valence-electron chi connectivity index (χ3n) is 5.68. The first-order valence-electron chi connectivity index (χ1n) is 10.6. The molecule has 0 bridgehead atoms. The van der Waals surface area contributed by atoms with Crippen LogP contribution in [-0.2, 0) is 14.8 Å². The summed E-state index contributed by atoms with van der Waals surface area (Å²) in [6.07, 6.45) is 1.81. The quantitative estimate of drug-likeness (QED) is 0.558. The topological polar surface area (TPSA) is 95.2 Å². The standard InChI is InChI=1S/C22H28N4O3S2/c1-15(2)14-19(21-23-17-6-3-4-7-18(17)24-21)25-22(27)16-9-11-26(12-10-16)31(28,29)20-8-5-13-30-20/h3-8,13,15-16,19H,9-12,14H2,1-2H3,(H,23,24)(H,25,27)/t19-/m1/s1. The van der Waals surface area contributed by atoms with Crippen molar-refractivity contribution in [2.45, 2.75) is 43.4 Å². The third-order valence-corrected chi connectivity index (χ3v) is 8.95. The molecule has 2 N–H and O–H groups in total. The van der Waals surface area contributed by atoms with Gasteiger partial charge in [0.25, 0.3) is 10.0 Å². The summed E-state index contributed by atoms with van der Waals surface area (Å²) >= 11 is 1.22. The van der Waals surface area contributed by atoms with Gasteiger partial charge in [-0.25, -0.2) is 13.4 Å². The fourth-order valence-electron chi connectivity index (χ4n) is 4.03. The third kappa shape index (κ3) is 4.83. The molecular formula is C22H28N4O3S2. The molecule has 1 aliphatic heterocycles. The highest BCUT2D eigenvalue weighted by molar-refractivity contribution is 7.91. The van der Waals surface area contributed by atoms with Crippen LogP contribution in [0.5, 0.6) is 0 Å². The van der Waals surface area contributed by atoms with E-state index in [1.807, 2.05) is 24.3 Å². The van der Waals surface area contributed by atoms with Gasteiger partial charge < -0.3 is 10.3 Å². The van der Waals surface area contributed by atoms with E-state index >= 15 is 0 Å². The lowest BCUT2D eigenvalue weighted by atomic mass is 9.95. The summed E-state index contributed by atoms with van der Waals surface area (Å²) in [4.78, 5) is 21.1. The first-order chi connectivity index (χ1) is 14.8. The van der Waals surface area contributed by atoms with Crippen LogP contribution in [0.25, 0.3) is 11.0 Å². The van der Waals surface area contributed by atoms with E-state index in [-0.39, 0.29) is 17.9 Å². The average Bonchev–Trinajstić information content (AvgIpc) is 3.43. The van der Waals surface area contributed by atoms with Crippen molar-refractivity contribution in [1.29, 1.82) is 0 Å². The van der Waals surface area contributed by atoms with E-state index in [0.717, 1.165) is 23.3 Å². The number of aromatic amines is 1. The van der Waals surface area contributed by atoms with Crippen molar-refractivity contribution < 1.29 is 13.2 Å². The Morgan fingerprint density at radius 2 is 1.97 bits per heavy atom. The number of rotatable bonds is 7. The highest BCUT2D eigenvalue weighted by atomic mass is 32.2. The zero-order valence-electron chi connectivity index (χ0n) is 17.7. The Morgan fingerprint density at radius 1 is 1.23 bits per heavy atom. The SMILES string of the molecule is CC(C)C[C@@H](NC(=O)C1CCN(S(=O)(=O)c2cccs2)CC1)c1nc2ccccc2[nH]1. The summed E-state index contributed by atoms with van der Waals surface area (Å²) in [5.41, 5.74) is 1.83. The van der Waals surface area contributed by atoms with Gasteiger partial charge in [0.05, 0.1) is 17.1 Å². The van der Waals surface area contributed by atoms with Crippen molar-refractivity contribution in [2.24, 2.45) is 11.8 Å². The minimum Gasteiger partial charge on any atom is -0.346 e. The van der Waals surface area contributed by atoms with Gasteiger partial charge >= 0.3 is 0 Å². The fraction of sp³-hybridized carbons (Fsp3) is 0.455. The monoisotopic (exact) mass is 460 g/mol. The minimum atomic E-state index is -3.46. The number of H-pyrrole nitrogens is 1. The molecule has 31 heavy (non-hydrogen) atoms. The maximum Gasteiger partial charge on any atom is 0.252 e. The van der Waals surface area contributed by atoms with E-state index in [0.29, 0.717) is 36.1 Å². The Kier molecular flexibility index (Phi) is 6.45. The van der Waals surface area contributed by atoms with Gasteiger partial charge in [-0.3, -0.25) is 4.79 Å². The molecule has 4 rings (SSSR count). The molecule has 9 heteroatoms. The molecule has 1 fully saturated rings. The average molecular weight is 461 g/mol. The Balaban J connectivity index is 1.42. The molecule has 3 aromatic rings. The number of aromatic nitrogens is 2. The first kappa shape index (κ1) is 22.0. The summed E-state index contributed by atoms with van der Waals surface area (Å²) in [5, 5.41) is 4.94. The number of nitrogens with zero attached hydrogens (tertiary/aromatic N) is 2. The van der Waals surface area contributed by atoms with Crippen molar-refractivity contribution in [3.05, 3.63) is 47.6 Å². The van der Waals surface area contributed by atoms with Crippen LogP contribution < -0.4 is 5.32 Å². The van der Waals surface area contributed by atoms with E-state index in [9.17, 15) is 13.2 Å². The number of benzene rings is 1. The number of fused-ring (bicyclic) bond motifs is 1. The second-order valence-corrected chi connectivity index (χ2v) is 11.6. The van der Waals surface area contributed by atoms with Gasteiger partial charge in [-0.05, 0) is 48.8 Å². The van der Waals surface area contributed by atoms with Crippen molar-refractivity contribution in [3.63, 3.8) is 0 Å². The van der Waals surface area contributed by atoms with E-state index < -0.39 is 10.0 Å². The lowest BCUT2D eigenvalue weighted by Gasteiger charge is -2.31. The molecule has 0 saturated carbocycles. The second kappa shape index (κ2) is 9.10. The van der Waals surface area contributed by atoms with Crippen LogP contribution in [0.2, 0.25) is 0 Å². The molecule has 1 atom stereocenters. The van der Waals surface area contributed by atoms with Crippen molar-refractivity contribution in [3.8, 4) is 0 Å². The van der Waals surface area contributed by atoms with Gasteiger partial charge in [0, 0.05) is 19.0 Å². The van der Waals surface area contributed by atoms with Crippen LogP contribution in [-0.4, -0.2) is 41.7 Å². The number of para-hydroxylation sites is 2. The Morgan fingerprint density at radius 3 is 2.61 bits per heavy atom. The largest absolute Gasteiger partial charge is 0.346 e. The Hall–Kier alpha value is -2.23. The number of carbonyl (C=O) groups excluding carboxylic acids is 1. The van der Waals surface area contributed by atoms with E-state index in [1.165, 1.54) is 15.6 Å². The molecule has 7 nitrogen and oxygen atoms in total. The van der Waals surface area contributed by atoms with Crippen LogP contribution in [0.3, 0.4) is 0 Å². The molecule has 0 radical (unpaired) electrons. The maximum absolute atomic E-state index is 13.0. The number of hydrogen-bond donors (Lipinski definition) is 2. The highest BCUT2D eigenvalue weighted by Gasteiger charge is 2.33. The van der Waals surface area contributed by atoms with Crippen LogP contribution in [0.1, 0.15) is 45.0 Å². The van der Waals surface area contributed by atoms with Gasteiger partial charge in [-0.15, -0.1) is 11.3 Å². The number of piperidine rings is 1. The van der Waals surface area contributed by atoms with Gasteiger partial charge in [0.2, 0.25) is 5.91 Å². The molecule has 1 saturated heterocycles. The van der Waals surface area contributed by atoms with Crippen molar-refractivity contribution in [2.75, 3.05) is 13.1 Å². The second-order valence-electron chi connectivity index (χ2n) is 8.44. The summed E-state index contributed by atoms with van der Waals surface area (Å²) in [6.45, 7) is 4.96. The van der Waals surface area contributed by atoms with E-state index in [1.54, 1.807) is 17.5 Å². The normalized spacial score (nSPS) is 17.3. The highest BCUT2D eigenvalue weighted by Crippen LogP contribution is 2.28. The number of amides is 1. The van der Waals surface area contributed by atoms with Crippen molar-refractivity contribution >= 4 is 38.3 Å². The maximum atomic E-state index is 13.0. The molecule has 3 heterocycles. The van der Waals surface area contributed by atoms with Gasteiger partial charge in [0.15, 0.2) is 0 Å². The molecule has 1 aromatic carbocycles. The van der Waals surface area contributed by atoms with Gasteiger partial charge in [0.1, 0.15) is 10.0 Å². The number of nitrogens with one attached hydrogen (secondary N) is 2. The first-order valence-corrected chi connectivity index (χ1v) is 12.9. The zero-order chi connectivity index (χ0) is 22.0. The summed E-state index contributed by atoms with van der Waals surface area (Å²) in [5.74, 6) is 0.922. The lowest BCUT2D eigenvalue weighted by molar-refractivity contribution is -0.127. The van der Waals surface area contributed by atoms with Gasteiger partial charge in [-0.1, -0.05) is 32.0 Å². The Bertz CT molecular complexity index is 1100. The van der Waals surface area contributed by atoms with E-state index in [4.69, 9.17) is 0 Å². The fourth-order valence-corrected chi connectivity index (χ4v) is 6.65. The zero-order valence-corrected chi connectivity index (χ0v) is 19.4. The van der Waals surface area contributed by atoms with Crippen molar-refractivity contribution in [1.82, 2.24) is 19.6 Å². The smallest absolute Gasteiger partial charge is 0.252 e. The number of thiophene rings is 1. The summed E-state index contributed by atoms with van der Waals surface area (Å²) < 4.78 is 27.3. The molecule has 1 amide bonds. The Labute approximate surface area is 186 Å². The predicted molar refractivity (Wildman–Crippen MR) is 122 cm³/mol. The number of imidazole rings is 1. The summed E-state index contributed by atoms with van der Waals surface area (Å²) in [6, 6.07) is 11.0.